The lowest BCUT2D eigenvalue weighted by molar-refractivity contribution is 0.208. The number of carbonyl (C=O) groups excluding carboxylic acids is 1. The molecule has 2 aromatic heterocycles. The second-order valence-electron chi connectivity index (χ2n) is 7.46. The average Bonchev–Trinajstić information content (AvgIpc) is 3.23. The first kappa shape index (κ1) is 20.7. The van der Waals surface area contributed by atoms with E-state index >= 15 is 0 Å². The number of aryl methyl sites for hydroxylation is 1. The SMILES string of the molecule is CC1Oc2cc(cnc2N)-c2c(nn(C)c2C#N)CN2C(=O)NS(=O)N2c2ccc(F)cc21. The van der Waals surface area contributed by atoms with Gasteiger partial charge in [-0.3, -0.25) is 4.68 Å². The second kappa shape index (κ2) is 7.45. The fourth-order valence-electron chi connectivity index (χ4n) is 3.93. The zero-order valence-corrected chi connectivity index (χ0v) is 18.3. The van der Waals surface area contributed by atoms with Crippen molar-refractivity contribution in [3.8, 4) is 22.9 Å². The number of nitrogens with one attached hydrogen (secondary N) is 1. The zero-order valence-electron chi connectivity index (χ0n) is 17.4. The summed E-state index contributed by atoms with van der Waals surface area (Å²) in [5, 5.41) is 15.4. The lowest BCUT2D eigenvalue weighted by atomic mass is 10.0. The van der Waals surface area contributed by atoms with Gasteiger partial charge in [0.15, 0.2) is 11.6 Å². The number of benzene rings is 1. The Hall–Kier alpha value is -4.18. The van der Waals surface area contributed by atoms with Gasteiger partial charge in [0.05, 0.1) is 17.9 Å². The molecule has 0 saturated carbocycles. The van der Waals surface area contributed by atoms with Crippen LogP contribution in [0.15, 0.2) is 30.5 Å². The van der Waals surface area contributed by atoms with Gasteiger partial charge in [-0.15, -0.1) is 0 Å². The van der Waals surface area contributed by atoms with Crippen LogP contribution in [-0.4, -0.2) is 30.0 Å². The number of nitrogens with two attached hydrogens (primary N) is 1. The maximum atomic E-state index is 14.2. The van der Waals surface area contributed by atoms with Gasteiger partial charge >= 0.3 is 6.03 Å². The number of nitriles is 1. The van der Waals surface area contributed by atoms with Crippen LogP contribution in [0.1, 0.15) is 30.0 Å². The molecular weight excluding hydrogens is 451 g/mol. The Morgan fingerprint density at radius 3 is 2.94 bits per heavy atom. The molecule has 3 aromatic rings. The summed E-state index contributed by atoms with van der Waals surface area (Å²) in [6, 6.07) is 6.97. The molecule has 2 aliphatic heterocycles. The number of hydrogen-bond donors (Lipinski definition) is 2. The highest BCUT2D eigenvalue weighted by molar-refractivity contribution is 7.85. The van der Waals surface area contributed by atoms with Crippen molar-refractivity contribution in [3.63, 3.8) is 0 Å². The molecule has 2 unspecified atom stereocenters. The molecule has 2 bridgehead atoms. The van der Waals surface area contributed by atoms with E-state index in [0.29, 0.717) is 28.1 Å². The average molecular weight is 468 g/mol. The van der Waals surface area contributed by atoms with Crippen LogP contribution in [0.3, 0.4) is 0 Å². The fourth-order valence-corrected chi connectivity index (χ4v) is 4.92. The summed E-state index contributed by atoms with van der Waals surface area (Å²) in [6.45, 7) is 1.55. The van der Waals surface area contributed by atoms with E-state index in [0.717, 1.165) is 0 Å². The number of nitrogens with zero attached hydrogens (tertiary/aromatic N) is 6. The monoisotopic (exact) mass is 468 g/mol. The molecule has 1 fully saturated rings. The lowest BCUT2D eigenvalue weighted by Gasteiger charge is -2.29. The number of rotatable bonds is 0. The molecule has 11 nitrogen and oxygen atoms in total. The minimum absolute atomic E-state index is 0.104. The quantitative estimate of drug-likeness (QED) is 0.514. The molecule has 168 valence electrons. The maximum absolute atomic E-state index is 14.2. The van der Waals surface area contributed by atoms with Crippen LogP contribution in [0.5, 0.6) is 5.75 Å². The third kappa shape index (κ3) is 3.23. The van der Waals surface area contributed by atoms with Gasteiger partial charge in [0, 0.05) is 29.9 Å². The number of carbonyl (C=O) groups is 1. The number of hydrogen-bond acceptors (Lipinski definition) is 7. The third-order valence-electron chi connectivity index (χ3n) is 5.42. The molecular formula is C20H17FN8O3S. The lowest BCUT2D eigenvalue weighted by Crippen LogP contribution is -2.39. The van der Waals surface area contributed by atoms with Crippen LogP contribution < -0.4 is 19.6 Å². The summed E-state index contributed by atoms with van der Waals surface area (Å²) in [4.78, 5) is 16.9. The van der Waals surface area contributed by atoms with Crippen LogP contribution in [0.2, 0.25) is 0 Å². The van der Waals surface area contributed by atoms with Crippen molar-refractivity contribution in [1.82, 2.24) is 24.5 Å². The van der Waals surface area contributed by atoms with Crippen LogP contribution in [0.25, 0.3) is 11.1 Å². The van der Waals surface area contributed by atoms with E-state index in [1.54, 1.807) is 20.0 Å². The van der Waals surface area contributed by atoms with Crippen molar-refractivity contribution in [1.29, 1.82) is 5.26 Å². The van der Waals surface area contributed by atoms with Gasteiger partial charge in [-0.05, 0) is 31.2 Å². The number of fused-ring (bicyclic) bond motifs is 7. The number of anilines is 2. The van der Waals surface area contributed by atoms with Crippen molar-refractivity contribution >= 4 is 28.7 Å². The van der Waals surface area contributed by atoms with E-state index in [1.807, 2.05) is 0 Å². The van der Waals surface area contributed by atoms with Gasteiger partial charge in [0.25, 0.3) is 0 Å². The van der Waals surface area contributed by atoms with Gasteiger partial charge in [0.2, 0.25) is 11.2 Å². The number of ether oxygens (including phenoxy) is 1. The molecule has 0 radical (unpaired) electrons. The summed E-state index contributed by atoms with van der Waals surface area (Å²) < 4.78 is 38.1. The van der Waals surface area contributed by atoms with Crippen molar-refractivity contribution in [3.05, 3.63) is 53.2 Å². The van der Waals surface area contributed by atoms with E-state index in [-0.39, 0.29) is 23.8 Å². The van der Waals surface area contributed by atoms with Crippen LogP contribution in [0, 0.1) is 17.1 Å². The number of urea groups is 1. The van der Waals surface area contributed by atoms with Crippen molar-refractivity contribution in [2.24, 2.45) is 7.05 Å². The summed E-state index contributed by atoms with van der Waals surface area (Å²) in [5.41, 5.74) is 8.21. The van der Waals surface area contributed by atoms with Gasteiger partial charge in [-0.1, -0.05) is 0 Å². The number of halogens is 1. The molecule has 13 heteroatoms. The van der Waals surface area contributed by atoms with Crippen molar-refractivity contribution in [2.45, 2.75) is 19.6 Å². The van der Waals surface area contributed by atoms with E-state index in [9.17, 15) is 18.7 Å². The standard InChI is InChI=1S/C20H17FN8O3S/c1-10-13-6-12(21)3-4-15(13)29-28(20(30)26-33(29)31)9-14-18(16(7-22)27(2)25-14)11-5-17(32-10)19(23)24-8-11/h3-6,8,10H,9H2,1-2H3,(H2,23,24)(H,26,30). The molecule has 33 heavy (non-hydrogen) atoms. The highest BCUT2D eigenvalue weighted by Gasteiger charge is 2.39. The van der Waals surface area contributed by atoms with Crippen LogP contribution in [0.4, 0.5) is 20.7 Å². The highest BCUT2D eigenvalue weighted by Crippen LogP contribution is 2.39. The van der Waals surface area contributed by atoms with Gasteiger partial charge in [0.1, 0.15) is 23.7 Å². The second-order valence-corrected chi connectivity index (χ2v) is 8.51. The van der Waals surface area contributed by atoms with Crippen molar-refractivity contribution < 1.29 is 18.1 Å². The zero-order chi connectivity index (χ0) is 23.4. The number of pyridine rings is 1. The van der Waals surface area contributed by atoms with Gasteiger partial charge in [-0.25, -0.2) is 28.1 Å². The predicted molar refractivity (Wildman–Crippen MR) is 116 cm³/mol. The topological polar surface area (TPSA) is 142 Å². The predicted octanol–water partition coefficient (Wildman–Crippen LogP) is 2.05. The van der Waals surface area contributed by atoms with Crippen LogP contribution in [-0.2, 0) is 24.8 Å². The van der Waals surface area contributed by atoms with Crippen LogP contribution >= 0.6 is 0 Å². The van der Waals surface area contributed by atoms with E-state index in [2.05, 4.69) is 20.9 Å². The van der Waals surface area contributed by atoms with Gasteiger partial charge in [-0.2, -0.15) is 14.8 Å². The van der Waals surface area contributed by atoms with Crippen molar-refractivity contribution in [2.75, 3.05) is 10.1 Å². The summed E-state index contributed by atoms with van der Waals surface area (Å²) in [5.74, 6) is -0.200. The summed E-state index contributed by atoms with van der Waals surface area (Å²) in [6.07, 6.45) is 0.723. The Morgan fingerprint density at radius 2 is 2.18 bits per heavy atom. The minimum atomic E-state index is -1.98. The molecule has 3 N–H and O–H groups in total. The van der Waals surface area contributed by atoms with E-state index in [4.69, 9.17) is 10.5 Å². The number of aromatic nitrogens is 3. The maximum Gasteiger partial charge on any atom is 0.350 e. The fraction of sp³-hybridized carbons (Fsp3) is 0.200. The number of amides is 2. The largest absolute Gasteiger partial charge is 0.482 e. The molecule has 1 aromatic carbocycles. The molecule has 2 aliphatic rings. The summed E-state index contributed by atoms with van der Waals surface area (Å²) >= 11 is -1.98. The number of nitrogen functional groups attached to an aromatic ring is 1. The summed E-state index contributed by atoms with van der Waals surface area (Å²) in [7, 11) is 1.60. The first-order valence-electron chi connectivity index (χ1n) is 9.76. The Kier molecular flexibility index (Phi) is 4.68. The smallest absolute Gasteiger partial charge is 0.350 e. The molecule has 4 heterocycles. The first-order valence-corrected chi connectivity index (χ1v) is 10.9. The third-order valence-corrected chi connectivity index (χ3v) is 6.48. The normalized spacial score (nSPS) is 19.3. The van der Waals surface area contributed by atoms with Gasteiger partial charge < -0.3 is 10.5 Å². The Labute approximate surface area is 189 Å². The Balaban J connectivity index is 1.80. The molecule has 5 rings (SSSR count). The Bertz CT molecular complexity index is 1380. The first-order chi connectivity index (χ1) is 15.8. The Morgan fingerprint density at radius 1 is 1.39 bits per heavy atom. The minimum Gasteiger partial charge on any atom is -0.482 e. The molecule has 0 aliphatic carbocycles. The van der Waals surface area contributed by atoms with E-state index in [1.165, 1.54) is 38.5 Å². The number of hydrazine groups is 1. The van der Waals surface area contributed by atoms with E-state index < -0.39 is 29.1 Å². The molecule has 2 atom stereocenters. The molecule has 0 spiro atoms. The molecule has 2 amide bonds. The molecule has 1 saturated heterocycles. The highest BCUT2D eigenvalue weighted by atomic mass is 32.2.